The number of hydrogen-bond donors (Lipinski definition) is 4. The van der Waals surface area contributed by atoms with E-state index < -0.39 is 18.2 Å². The molecule has 4 N–H and O–H groups in total. The second kappa shape index (κ2) is 10.6. The van der Waals surface area contributed by atoms with Crippen LogP contribution in [0.4, 0.5) is 10.6 Å². The van der Waals surface area contributed by atoms with Crippen molar-refractivity contribution in [2.24, 2.45) is 5.92 Å². The average Bonchev–Trinajstić information content (AvgIpc) is 2.86. The van der Waals surface area contributed by atoms with E-state index in [1.54, 1.807) is 12.1 Å². The Bertz CT molecular complexity index is 962. The quantitative estimate of drug-likeness (QED) is 0.505. The summed E-state index contributed by atoms with van der Waals surface area (Å²) in [4.78, 5) is 29.8. The third-order valence-corrected chi connectivity index (χ3v) is 6.30. The molecule has 33 heavy (non-hydrogen) atoms. The number of fused-ring (bicyclic) bond motifs is 1. The maximum atomic E-state index is 12.5. The first kappa shape index (κ1) is 23.0. The van der Waals surface area contributed by atoms with E-state index in [1.165, 1.54) is 11.1 Å². The van der Waals surface area contributed by atoms with Gasteiger partial charge in [-0.25, -0.2) is 9.78 Å². The highest BCUT2D eigenvalue weighted by atomic mass is 16.5. The number of rotatable bonds is 7. The SMILES string of the molecule is O=C(NC[C@@H](O)C1Cc2ccccc2CN1C(=O)O)c1ccc(NCC2CCCOC2)nc1. The summed E-state index contributed by atoms with van der Waals surface area (Å²) in [5.74, 6) is 0.782. The van der Waals surface area contributed by atoms with Gasteiger partial charge in [0.2, 0.25) is 0 Å². The molecule has 0 radical (unpaired) electrons. The Morgan fingerprint density at radius 1 is 1.21 bits per heavy atom. The van der Waals surface area contributed by atoms with Crippen LogP contribution >= 0.6 is 0 Å². The van der Waals surface area contributed by atoms with Crippen molar-refractivity contribution in [3.05, 3.63) is 59.3 Å². The Morgan fingerprint density at radius 2 is 2.03 bits per heavy atom. The molecule has 2 aliphatic rings. The zero-order valence-electron chi connectivity index (χ0n) is 18.4. The van der Waals surface area contributed by atoms with E-state index in [0.29, 0.717) is 23.7 Å². The molecule has 1 fully saturated rings. The summed E-state index contributed by atoms with van der Waals surface area (Å²) in [6.45, 7) is 2.51. The van der Waals surface area contributed by atoms with Gasteiger partial charge in [0.25, 0.3) is 5.91 Å². The van der Waals surface area contributed by atoms with Crippen LogP contribution in [0.5, 0.6) is 0 Å². The Labute approximate surface area is 192 Å². The van der Waals surface area contributed by atoms with Crippen LogP contribution in [0.15, 0.2) is 42.6 Å². The first-order valence-electron chi connectivity index (χ1n) is 11.3. The zero-order valence-corrected chi connectivity index (χ0v) is 18.4. The third kappa shape index (κ3) is 5.80. The maximum absolute atomic E-state index is 12.5. The van der Waals surface area contributed by atoms with Gasteiger partial charge in [-0.15, -0.1) is 0 Å². The zero-order chi connectivity index (χ0) is 23.2. The van der Waals surface area contributed by atoms with Crippen molar-refractivity contribution < 1.29 is 24.5 Å². The minimum atomic E-state index is -1.09. The van der Waals surface area contributed by atoms with E-state index in [2.05, 4.69) is 15.6 Å². The van der Waals surface area contributed by atoms with Gasteiger partial charge in [-0.05, 0) is 48.4 Å². The molecule has 4 rings (SSSR count). The molecular weight excluding hydrogens is 424 g/mol. The van der Waals surface area contributed by atoms with E-state index >= 15 is 0 Å². The van der Waals surface area contributed by atoms with Gasteiger partial charge in [0, 0.05) is 32.4 Å². The predicted molar refractivity (Wildman–Crippen MR) is 122 cm³/mol. The summed E-state index contributed by atoms with van der Waals surface area (Å²) >= 11 is 0. The lowest BCUT2D eigenvalue weighted by atomic mass is 9.91. The first-order chi connectivity index (χ1) is 16.0. The lowest BCUT2D eigenvalue weighted by molar-refractivity contribution is 0.0382. The van der Waals surface area contributed by atoms with Crippen molar-refractivity contribution in [1.29, 1.82) is 0 Å². The average molecular weight is 455 g/mol. The predicted octanol–water partition coefficient (Wildman–Crippen LogP) is 2.12. The second-order valence-corrected chi connectivity index (χ2v) is 8.62. The maximum Gasteiger partial charge on any atom is 0.407 e. The van der Waals surface area contributed by atoms with Crippen molar-refractivity contribution in [3.8, 4) is 0 Å². The largest absolute Gasteiger partial charge is 0.465 e. The number of carboxylic acid groups (broad SMARTS) is 1. The van der Waals surface area contributed by atoms with E-state index in [0.717, 1.165) is 43.7 Å². The molecule has 0 spiro atoms. The van der Waals surface area contributed by atoms with E-state index in [9.17, 15) is 19.8 Å². The van der Waals surface area contributed by atoms with Crippen LogP contribution in [-0.2, 0) is 17.7 Å². The number of aromatic nitrogens is 1. The van der Waals surface area contributed by atoms with Crippen molar-refractivity contribution in [2.75, 3.05) is 31.6 Å². The number of hydrogen-bond acceptors (Lipinski definition) is 6. The molecule has 1 aromatic heterocycles. The van der Waals surface area contributed by atoms with Gasteiger partial charge in [0.1, 0.15) is 5.82 Å². The van der Waals surface area contributed by atoms with Crippen LogP contribution in [-0.4, -0.2) is 70.5 Å². The fourth-order valence-electron chi connectivity index (χ4n) is 4.39. The van der Waals surface area contributed by atoms with Crippen LogP contribution in [0.2, 0.25) is 0 Å². The number of aliphatic hydroxyl groups is 1. The Balaban J connectivity index is 1.30. The standard InChI is InChI=1S/C24H30N4O5/c29-21(20-10-17-5-1-2-6-19(17)14-28(20)24(31)32)13-27-23(30)18-7-8-22(26-12-18)25-11-16-4-3-9-33-15-16/h1-2,5-8,12,16,20-21,29H,3-4,9-11,13-15H2,(H,25,26)(H,27,30)(H,31,32)/t16?,20?,21-/m1/s1. The number of anilines is 1. The highest BCUT2D eigenvalue weighted by Crippen LogP contribution is 2.25. The highest BCUT2D eigenvalue weighted by molar-refractivity contribution is 5.94. The fraction of sp³-hybridized carbons (Fsp3) is 0.458. The summed E-state index contributed by atoms with van der Waals surface area (Å²) in [5, 5.41) is 26.3. The second-order valence-electron chi connectivity index (χ2n) is 8.62. The van der Waals surface area contributed by atoms with Crippen molar-refractivity contribution in [2.45, 2.75) is 38.0 Å². The van der Waals surface area contributed by atoms with Gasteiger partial charge in [-0.1, -0.05) is 24.3 Å². The molecule has 2 unspecified atom stereocenters. The smallest absolute Gasteiger partial charge is 0.407 e. The summed E-state index contributed by atoms with van der Waals surface area (Å²) < 4.78 is 5.48. The number of ether oxygens (including phenoxy) is 1. The van der Waals surface area contributed by atoms with E-state index in [-0.39, 0.29) is 19.0 Å². The molecular formula is C24H30N4O5. The van der Waals surface area contributed by atoms with Gasteiger partial charge in [-0.3, -0.25) is 9.69 Å². The first-order valence-corrected chi connectivity index (χ1v) is 11.3. The fourth-order valence-corrected chi connectivity index (χ4v) is 4.39. The minimum Gasteiger partial charge on any atom is -0.465 e. The monoisotopic (exact) mass is 454 g/mol. The van der Waals surface area contributed by atoms with Crippen molar-refractivity contribution in [3.63, 3.8) is 0 Å². The number of aliphatic hydroxyl groups excluding tert-OH is 1. The number of amides is 2. The van der Waals surface area contributed by atoms with Crippen molar-refractivity contribution in [1.82, 2.24) is 15.2 Å². The Morgan fingerprint density at radius 3 is 2.73 bits per heavy atom. The lowest BCUT2D eigenvalue weighted by Crippen LogP contribution is -2.53. The molecule has 2 aromatic rings. The molecule has 2 aliphatic heterocycles. The molecule has 0 bridgehead atoms. The number of nitrogens with one attached hydrogen (secondary N) is 2. The number of nitrogens with zero attached hydrogens (tertiary/aromatic N) is 2. The topological polar surface area (TPSA) is 124 Å². The van der Waals surface area contributed by atoms with E-state index in [1.807, 2.05) is 24.3 Å². The molecule has 0 saturated carbocycles. The molecule has 1 aromatic carbocycles. The van der Waals surface area contributed by atoms with Gasteiger partial charge < -0.3 is 25.6 Å². The highest BCUT2D eigenvalue weighted by Gasteiger charge is 2.34. The van der Waals surface area contributed by atoms with Crippen LogP contribution in [0, 0.1) is 5.92 Å². The minimum absolute atomic E-state index is 0.0584. The Kier molecular flexibility index (Phi) is 7.41. The summed E-state index contributed by atoms with van der Waals surface area (Å²) in [6.07, 6.45) is 1.95. The van der Waals surface area contributed by atoms with E-state index in [4.69, 9.17) is 4.74 Å². The molecule has 176 valence electrons. The molecule has 0 aliphatic carbocycles. The summed E-state index contributed by atoms with van der Waals surface area (Å²) in [7, 11) is 0. The van der Waals surface area contributed by atoms with Crippen LogP contribution in [0.3, 0.4) is 0 Å². The number of pyridine rings is 1. The molecule has 9 nitrogen and oxygen atoms in total. The van der Waals surface area contributed by atoms with Crippen LogP contribution < -0.4 is 10.6 Å². The normalized spacial score (nSPS) is 21.1. The van der Waals surface area contributed by atoms with Gasteiger partial charge in [0.05, 0.1) is 24.3 Å². The van der Waals surface area contributed by atoms with Crippen molar-refractivity contribution >= 4 is 17.8 Å². The summed E-state index contributed by atoms with van der Waals surface area (Å²) in [6, 6.07) is 10.4. The number of carbonyl (C=O) groups excluding carboxylic acids is 1. The summed E-state index contributed by atoms with van der Waals surface area (Å²) in [5.41, 5.74) is 2.32. The van der Waals surface area contributed by atoms with Crippen LogP contribution in [0.1, 0.15) is 34.3 Å². The molecule has 1 saturated heterocycles. The molecule has 3 heterocycles. The third-order valence-electron chi connectivity index (χ3n) is 6.30. The molecule has 3 atom stereocenters. The molecule has 9 heteroatoms. The van der Waals surface area contributed by atoms with Gasteiger partial charge >= 0.3 is 6.09 Å². The number of benzene rings is 1. The molecule has 2 amide bonds. The number of carbonyl (C=O) groups is 2. The van der Waals surface area contributed by atoms with Gasteiger partial charge in [-0.2, -0.15) is 0 Å². The lowest BCUT2D eigenvalue weighted by Gasteiger charge is -2.37. The van der Waals surface area contributed by atoms with Crippen LogP contribution in [0.25, 0.3) is 0 Å². The van der Waals surface area contributed by atoms with Gasteiger partial charge in [0.15, 0.2) is 0 Å². The Hall–Kier alpha value is -3.17.